The predicted molar refractivity (Wildman–Crippen MR) is 72.9 cm³/mol. The molecule has 3 nitrogen and oxygen atoms in total. The molecule has 5 heteroatoms. The molecule has 0 spiro atoms. The highest BCUT2D eigenvalue weighted by molar-refractivity contribution is 7.98. The molecule has 1 heterocycles. The third-order valence-corrected chi connectivity index (χ3v) is 3.96. The zero-order chi connectivity index (χ0) is 13.2. The van der Waals surface area contributed by atoms with Gasteiger partial charge in [0, 0.05) is 16.3 Å². The second-order valence-corrected chi connectivity index (χ2v) is 5.18. The fraction of sp³-hybridized carbons (Fsp3) is 0.143. The minimum atomic E-state index is -0.315. The van der Waals surface area contributed by atoms with E-state index in [4.69, 9.17) is 15.2 Å². The van der Waals surface area contributed by atoms with E-state index in [1.165, 1.54) is 12.1 Å². The lowest BCUT2D eigenvalue weighted by molar-refractivity contribution is 0.174. The van der Waals surface area contributed by atoms with Crippen molar-refractivity contribution in [3.8, 4) is 11.5 Å². The number of nitrogen functional groups attached to an aromatic ring is 1. The first-order valence-electron chi connectivity index (χ1n) is 5.79. The van der Waals surface area contributed by atoms with E-state index in [1.807, 2.05) is 18.2 Å². The summed E-state index contributed by atoms with van der Waals surface area (Å²) >= 11 is 1.57. The summed E-state index contributed by atoms with van der Waals surface area (Å²) in [4.78, 5) is 0.874. The van der Waals surface area contributed by atoms with Gasteiger partial charge in [-0.3, -0.25) is 0 Å². The topological polar surface area (TPSA) is 44.5 Å². The number of halogens is 1. The number of thioether (sulfide) groups is 1. The first kappa shape index (κ1) is 12.2. The highest BCUT2D eigenvalue weighted by Gasteiger charge is 2.13. The molecule has 0 aliphatic carbocycles. The van der Waals surface area contributed by atoms with Crippen molar-refractivity contribution < 1.29 is 13.9 Å². The number of hydrogen-bond acceptors (Lipinski definition) is 4. The van der Waals surface area contributed by atoms with Gasteiger partial charge in [-0.05, 0) is 35.9 Å². The molecule has 0 radical (unpaired) electrons. The molecule has 3 rings (SSSR count). The average molecular weight is 277 g/mol. The third kappa shape index (κ3) is 2.61. The Bertz CT molecular complexity index is 618. The van der Waals surface area contributed by atoms with Gasteiger partial charge in [0.15, 0.2) is 11.5 Å². The maximum absolute atomic E-state index is 12.9. The third-order valence-electron chi connectivity index (χ3n) is 2.80. The van der Waals surface area contributed by atoms with Crippen LogP contribution in [0.4, 0.5) is 10.1 Å². The van der Waals surface area contributed by atoms with Crippen molar-refractivity contribution in [3.05, 3.63) is 47.8 Å². The Morgan fingerprint density at radius 3 is 2.79 bits per heavy atom. The van der Waals surface area contributed by atoms with Gasteiger partial charge >= 0.3 is 0 Å². The first-order valence-corrected chi connectivity index (χ1v) is 6.77. The summed E-state index contributed by atoms with van der Waals surface area (Å²) in [6.45, 7) is 0.275. The van der Waals surface area contributed by atoms with Crippen LogP contribution >= 0.6 is 11.8 Å². The van der Waals surface area contributed by atoms with Crippen molar-refractivity contribution in [1.82, 2.24) is 0 Å². The maximum Gasteiger partial charge on any atom is 0.231 e. The second kappa shape index (κ2) is 5.01. The van der Waals surface area contributed by atoms with Gasteiger partial charge in [-0.15, -0.1) is 11.8 Å². The summed E-state index contributed by atoms with van der Waals surface area (Å²) in [6, 6.07) is 10.3. The van der Waals surface area contributed by atoms with Gasteiger partial charge in [0.05, 0.1) is 0 Å². The Morgan fingerprint density at radius 2 is 1.95 bits per heavy atom. The van der Waals surface area contributed by atoms with E-state index >= 15 is 0 Å². The quantitative estimate of drug-likeness (QED) is 0.689. The summed E-state index contributed by atoms with van der Waals surface area (Å²) in [7, 11) is 0. The van der Waals surface area contributed by atoms with Crippen molar-refractivity contribution in [3.63, 3.8) is 0 Å². The Kier molecular flexibility index (Phi) is 3.21. The van der Waals surface area contributed by atoms with Gasteiger partial charge in [0.25, 0.3) is 0 Å². The van der Waals surface area contributed by atoms with E-state index in [9.17, 15) is 4.39 Å². The number of hydrogen-bond donors (Lipinski definition) is 1. The van der Waals surface area contributed by atoms with Gasteiger partial charge in [-0.1, -0.05) is 6.07 Å². The first-order chi connectivity index (χ1) is 9.22. The maximum atomic E-state index is 12.9. The second-order valence-electron chi connectivity index (χ2n) is 4.16. The van der Waals surface area contributed by atoms with Crippen LogP contribution in [0.5, 0.6) is 11.5 Å². The lowest BCUT2D eigenvalue weighted by Gasteiger charge is -2.06. The predicted octanol–water partition coefficient (Wildman–Crippen LogP) is 3.43. The molecular formula is C14H12FNO2S. The minimum Gasteiger partial charge on any atom is -0.454 e. The molecule has 0 atom stereocenters. The lowest BCUT2D eigenvalue weighted by atomic mass is 10.2. The van der Waals surface area contributed by atoms with Crippen LogP contribution in [0.15, 0.2) is 41.3 Å². The lowest BCUT2D eigenvalue weighted by Crippen LogP contribution is -1.93. The van der Waals surface area contributed by atoms with Gasteiger partial charge in [-0.2, -0.15) is 0 Å². The smallest absolute Gasteiger partial charge is 0.231 e. The number of anilines is 1. The van der Waals surface area contributed by atoms with Crippen LogP contribution in [0.1, 0.15) is 5.56 Å². The highest BCUT2D eigenvalue weighted by atomic mass is 32.2. The number of ether oxygens (including phenoxy) is 2. The number of rotatable bonds is 3. The zero-order valence-corrected chi connectivity index (χ0v) is 10.9. The molecular weight excluding hydrogens is 265 g/mol. The fourth-order valence-electron chi connectivity index (χ4n) is 1.84. The van der Waals surface area contributed by atoms with Crippen LogP contribution in [-0.4, -0.2) is 6.79 Å². The molecule has 0 amide bonds. The van der Waals surface area contributed by atoms with Crippen molar-refractivity contribution in [2.45, 2.75) is 10.6 Å². The van der Waals surface area contributed by atoms with Crippen LogP contribution in [-0.2, 0) is 5.75 Å². The zero-order valence-electron chi connectivity index (χ0n) is 10.1. The van der Waals surface area contributed by atoms with Crippen molar-refractivity contribution in [2.24, 2.45) is 0 Å². The molecule has 0 unspecified atom stereocenters. The Labute approximate surface area is 114 Å². The average Bonchev–Trinajstić information content (AvgIpc) is 2.85. The Morgan fingerprint density at radius 1 is 1.11 bits per heavy atom. The van der Waals surface area contributed by atoms with Crippen LogP contribution in [0.25, 0.3) is 0 Å². The molecule has 2 aromatic rings. The van der Waals surface area contributed by atoms with E-state index in [0.717, 1.165) is 27.7 Å². The Balaban J connectivity index is 1.72. The Hall–Kier alpha value is -1.88. The van der Waals surface area contributed by atoms with Gasteiger partial charge in [0.1, 0.15) is 5.82 Å². The molecule has 2 N–H and O–H groups in total. The molecule has 0 aromatic heterocycles. The summed E-state index contributed by atoms with van der Waals surface area (Å²) < 4.78 is 23.5. The van der Waals surface area contributed by atoms with Crippen molar-refractivity contribution >= 4 is 17.4 Å². The van der Waals surface area contributed by atoms with Crippen LogP contribution < -0.4 is 15.2 Å². The van der Waals surface area contributed by atoms with Crippen LogP contribution in [0.3, 0.4) is 0 Å². The number of fused-ring (bicyclic) bond motifs is 1. The number of benzene rings is 2. The van der Waals surface area contributed by atoms with Crippen molar-refractivity contribution in [2.75, 3.05) is 12.5 Å². The molecule has 0 bridgehead atoms. The monoisotopic (exact) mass is 277 g/mol. The molecule has 1 aliphatic heterocycles. The largest absolute Gasteiger partial charge is 0.454 e. The normalized spacial score (nSPS) is 12.7. The van der Waals surface area contributed by atoms with Gasteiger partial charge < -0.3 is 15.2 Å². The molecule has 0 saturated carbocycles. The van der Waals surface area contributed by atoms with E-state index in [2.05, 4.69) is 0 Å². The summed E-state index contributed by atoms with van der Waals surface area (Å²) in [6.07, 6.45) is 0. The van der Waals surface area contributed by atoms with Crippen LogP contribution in [0.2, 0.25) is 0 Å². The molecule has 1 aliphatic rings. The highest BCUT2D eigenvalue weighted by Crippen LogP contribution is 2.35. The summed E-state index contributed by atoms with van der Waals surface area (Å²) in [5.74, 6) is 1.97. The summed E-state index contributed by atoms with van der Waals surface area (Å²) in [5, 5.41) is 0. The SMILES string of the molecule is Nc1cc(F)ccc1SCc1ccc2c(c1)OCO2. The molecule has 2 aromatic carbocycles. The van der Waals surface area contributed by atoms with Crippen molar-refractivity contribution in [1.29, 1.82) is 0 Å². The van der Waals surface area contributed by atoms with Gasteiger partial charge in [-0.25, -0.2) is 4.39 Å². The molecule has 98 valence electrons. The minimum absolute atomic E-state index is 0.275. The molecule has 19 heavy (non-hydrogen) atoms. The van der Waals surface area contributed by atoms with Crippen LogP contribution in [0, 0.1) is 5.82 Å². The van der Waals surface area contributed by atoms with E-state index in [0.29, 0.717) is 5.69 Å². The fourth-order valence-corrected chi connectivity index (χ4v) is 2.73. The van der Waals surface area contributed by atoms with E-state index in [1.54, 1.807) is 17.8 Å². The molecule has 0 fully saturated rings. The summed E-state index contributed by atoms with van der Waals surface area (Å²) in [5.41, 5.74) is 7.34. The molecule has 0 saturated heterocycles. The van der Waals surface area contributed by atoms with Gasteiger partial charge in [0.2, 0.25) is 6.79 Å². The number of nitrogens with two attached hydrogens (primary N) is 1. The standard InChI is InChI=1S/C14H12FNO2S/c15-10-2-4-14(11(16)6-10)19-7-9-1-3-12-13(5-9)18-8-17-12/h1-6H,7-8,16H2. The van der Waals surface area contributed by atoms with E-state index < -0.39 is 0 Å². The van der Waals surface area contributed by atoms with E-state index in [-0.39, 0.29) is 12.6 Å².